The van der Waals surface area contributed by atoms with Gasteiger partial charge in [-0.15, -0.1) is 0 Å². The molecule has 4 nitrogen and oxygen atoms in total. The summed E-state index contributed by atoms with van der Waals surface area (Å²) in [6.07, 6.45) is 2.42. The smallest absolute Gasteiger partial charge is 0.297 e. The van der Waals surface area contributed by atoms with Gasteiger partial charge in [-0.2, -0.15) is 8.42 Å². The van der Waals surface area contributed by atoms with Gasteiger partial charge in [0.1, 0.15) is 0 Å². The van der Waals surface area contributed by atoms with Gasteiger partial charge in [0.15, 0.2) is 0 Å². The van der Waals surface area contributed by atoms with Crippen molar-refractivity contribution in [2.75, 3.05) is 0 Å². The molecular formula is C15H18O4S. The lowest BCUT2D eigenvalue weighted by molar-refractivity contribution is 0.0399. The highest BCUT2D eigenvalue weighted by Gasteiger charge is 2.68. The SMILES string of the molecule is Cc1ccc(S(=O)(=O)OC2(C)CC3CC2C2OC32)cc1. The lowest BCUT2D eigenvalue weighted by Gasteiger charge is -2.31. The zero-order chi connectivity index (χ0) is 14.1. The summed E-state index contributed by atoms with van der Waals surface area (Å²) in [7, 11) is -3.70. The fourth-order valence-electron chi connectivity index (χ4n) is 4.00. The van der Waals surface area contributed by atoms with Crippen LogP contribution in [-0.2, 0) is 19.0 Å². The van der Waals surface area contributed by atoms with Crippen molar-refractivity contribution >= 4 is 10.1 Å². The molecule has 2 saturated carbocycles. The zero-order valence-electron chi connectivity index (χ0n) is 11.6. The van der Waals surface area contributed by atoms with Crippen LogP contribution in [-0.4, -0.2) is 26.2 Å². The van der Waals surface area contributed by atoms with Crippen LogP contribution in [0.15, 0.2) is 29.2 Å². The Bertz CT molecular complexity index is 651. The van der Waals surface area contributed by atoms with Crippen molar-refractivity contribution in [3.63, 3.8) is 0 Å². The third kappa shape index (κ3) is 1.76. The van der Waals surface area contributed by atoms with E-state index in [2.05, 4.69) is 0 Å². The average molecular weight is 294 g/mol. The van der Waals surface area contributed by atoms with Gasteiger partial charge in [0, 0.05) is 5.92 Å². The molecule has 1 saturated heterocycles. The molecule has 1 heterocycles. The van der Waals surface area contributed by atoms with Crippen molar-refractivity contribution in [1.29, 1.82) is 0 Å². The Balaban J connectivity index is 1.60. The fourth-order valence-corrected chi connectivity index (χ4v) is 5.26. The molecule has 1 aromatic carbocycles. The summed E-state index contributed by atoms with van der Waals surface area (Å²) in [5, 5.41) is 0. The molecule has 1 aliphatic heterocycles. The molecule has 0 amide bonds. The zero-order valence-corrected chi connectivity index (χ0v) is 12.4. The summed E-state index contributed by atoms with van der Waals surface area (Å²) < 4.78 is 36.1. The molecule has 0 aromatic heterocycles. The first-order valence-corrected chi connectivity index (χ1v) is 8.48. The predicted octanol–water partition coefficient (Wildman–Crippen LogP) is 2.27. The lowest BCUT2D eigenvalue weighted by atomic mass is 9.86. The molecule has 5 unspecified atom stereocenters. The fraction of sp³-hybridized carbons (Fsp3) is 0.600. The topological polar surface area (TPSA) is 55.9 Å². The van der Waals surface area contributed by atoms with Gasteiger partial charge in [-0.1, -0.05) is 17.7 Å². The molecule has 0 radical (unpaired) electrons. The van der Waals surface area contributed by atoms with Gasteiger partial charge >= 0.3 is 0 Å². The van der Waals surface area contributed by atoms with E-state index in [4.69, 9.17) is 8.92 Å². The Morgan fingerprint density at radius 1 is 1.25 bits per heavy atom. The number of benzene rings is 1. The molecule has 20 heavy (non-hydrogen) atoms. The minimum absolute atomic E-state index is 0.220. The monoisotopic (exact) mass is 294 g/mol. The summed E-state index contributed by atoms with van der Waals surface area (Å²) in [6.45, 7) is 3.85. The second-order valence-electron chi connectivity index (χ2n) is 6.53. The van der Waals surface area contributed by atoms with Gasteiger partial charge in [-0.25, -0.2) is 0 Å². The third-order valence-corrected chi connectivity index (χ3v) is 6.49. The van der Waals surface area contributed by atoms with Gasteiger partial charge in [-0.05, 0) is 44.7 Å². The highest BCUT2D eigenvalue weighted by atomic mass is 32.2. The van der Waals surface area contributed by atoms with Gasteiger partial charge in [0.05, 0.1) is 22.7 Å². The summed E-state index contributed by atoms with van der Waals surface area (Å²) >= 11 is 0. The van der Waals surface area contributed by atoms with Crippen LogP contribution < -0.4 is 0 Å². The first-order valence-electron chi connectivity index (χ1n) is 7.07. The molecule has 3 aliphatic rings. The minimum Gasteiger partial charge on any atom is -0.369 e. The van der Waals surface area contributed by atoms with Crippen LogP contribution in [0.5, 0.6) is 0 Å². The summed E-state index contributed by atoms with van der Waals surface area (Å²) in [6, 6.07) is 6.80. The van der Waals surface area contributed by atoms with E-state index in [0.717, 1.165) is 18.4 Å². The number of rotatable bonds is 3. The first-order chi connectivity index (χ1) is 9.39. The highest BCUT2D eigenvalue weighted by molar-refractivity contribution is 7.86. The molecule has 0 N–H and O–H groups in total. The number of aryl methyl sites for hydroxylation is 1. The molecule has 2 aliphatic carbocycles. The van der Waals surface area contributed by atoms with E-state index in [1.165, 1.54) is 0 Å². The number of ether oxygens (including phenoxy) is 1. The van der Waals surface area contributed by atoms with Crippen molar-refractivity contribution in [3.05, 3.63) is 29.8 Å². The molecule has 5 atom stereocenters. The Kier molecular flexibility index (Phi) is 2.46. The maximum Gasteiger partial charge on any atom is 0.297 e. The maximum absolute atomic E-state index is 12.4. The molecule has 0 spiro atoms. The standard InChI is InChI=1S/C15H18O4S/c1-9-3-5-11(6-4-9)20(16,17)19-15(2)8-10-7-12(15)14-13(10)18-14/h3-6,10,12-14H,7-8H2,1-2H3. The Labute approximate surface area is 119 Å². The minimum atomic E-state index is -3.70. The molecule has 2 bridgehead atoms. The van der Waals surface area contributed by atoms with Gasteiger partial charge < -0.3 is 4.74 Å². The van der Waals surface area contributed by atoms with Crippen LogP contribution in [0, 0.1) is 18.8 Å². The van der Waals surface area contributed by atoms with E-state index in [9.17, 15) is 8.42 Å². The maximum atomic E-state index is 12.4. The second kappa shape index (κ2) is 3.84. The second-order valence-corrected chi connectivity index (χ2v) is 8.08. The van der Waals surface area contributed by atoms with E-state index < -0.39 is 15.7 Å². The van der Waals surface area contributed by atoms with Crippen molar-refractivity contribution in [1.82, 2.24) is 0 Å². The summed E-state index contributed by atoms with van der Waals surface area (Å²) in [5.41, 5.74) is 0.427. The lowest BCUT2D eigenvalue weighted by Crippen LogP contribution is -2.40. The van der Waals surface area contributed by atoms with Crippen molar-refractivity contribution < 1.29 is 17.3 Å². The number of hydrogen-bond acceptors (Lipinski definition) is 4. The number of fused-ring (bicyclic) bond motifs is 5. The van der Waals surface area contributed by atoms with Crippen LogP contribution >= 0.6 is 0 Å². The number of hydrogen-bond donors (Lipinski definition) is 0. The van der Waals surface area contributed by atoms with E-state index in [0.29, 0.717) is 12.0 Å². The van der Waals surface area contributed by atoms with E-state index >= 15 is 0 Å². The predicted molar refractivity (Wildman–Crippen MR) is 72.7 cm³/mol. The normalized spacial score (nSPS) is 41.7. The molecule has 4 rings (SSSR count). The third-order valence-electron chi connectivity index (χ3n) is 5.04. The van der Waals surface area contributed by atoms with Crippen LogP contribution in [0.25, 0.3) is 0 Å². The van der Waals surface area contributed by atoms with Crippen LogP contribution in [0.3, 0.4) is 0 Å². The Morgan fingerprint density at radius 3 is 2.55 bits per heavy atom. The quantitative estimate of drug-likeness (QED) is 0.634. The Hall–Kier alpha value is -0.910. The molecule has 3 fully saturated rings. The van der Waals surface area contributed by atoms with E-state index in [-0.39, 0.29) is 16.9 Å². The Morgan fingerprint density at radius 2 is 1.95 bits per heavy atom. The molecule has 1 aromatic rings. The van der Waals surface area contributed by atoms with Crippen LogP contribution in [0.4, 0.5) is 0 Å². The van der Waals surface area contributed by atoms with Gasteiger partial charge in [0.25, 0.3) is 10.1 Å². The highest BCUT2D eigenvalue weighted by Crippen LogP contribution is 2.61. The van der Waals surface area contributed by atoms with Gasteiger partial charge in [-0.3, -0.25) is 4.18 Å². The van der Waals surface area contributed by atoms with Crippen molar-refractivity contribution in [2.45, 2.75) is 49.4 Å². The van der Waals surface area contributed by atoms with Gasteiger partial charge in [0.2, 0.25) is 0 Å². The largest absolute Gasteiger partial charge is 0.369 e. The summed E-state index contributed by atoms with van der Waals surface area (Å²) in [4.78, 5) is 0.236. The van der Waals surface area contributed by atoms with Crippen molar-refractivity contribution in [3.8, 4) is 0 Å². The molecular weight excluding hydrogens is 276 g/mol. The van der Waals surface area contributed by atoms with Crippen molar-refractivity contribution in [2.24, 2.45) is 11.8 Å². The first kappa shape index (κ1) is 12.8. The van der Waals surface area contributed by atoms with Crippen LogP contribution in [0.1, 0.15) is 25.3 Å². The van der Waals surface area contributed by atoms with E-state index in [1.807, 2.05) is 13.8 Å². The van der Waals surface area contributed by atoms with Crippen LogP contribution in [0.2, 0.25) is 0 Å². The number of epoxide rings is 1. The molecule has 108 valence electrons. The molecule has 5 heteroatoms. The average Bonchev–Trinajstić information content (AvgIpc) is 3.00. The van der Waals surface area contributed by atoms with E-state index in [1.54, 1.807) is 24.3 Å². The summed E-state index contributed by atoms with van der Waals surface area (Å²) in [5.74, 6) is 0.695.